The smallest absolute Gasteiger partial charge is 0.296 e. The Bertz CT molecular complexity index is 457. The lowest BCUT2D eigenvalue weighted by atomic mass is 10.3. The lowest BCUT2D eigenvalue weighted by Crippen LogP contribution is -1.98. The normalized spacial score (nSPS) is 10.1. The lowest BCUT2D eigenvalue weighted by molar-refractivity contribution is 0.296. The molecule has 2 aromatic heterocycles. The van der Waals surface area contributed by atoms with Crippen molar-refractivity contribution in [1.29, 1.82) is 0 Å². The summed E-state index contributed by atoms with van der Waals surface area (Å²) >= 11 is 1.20. The molecule has 0 bridgehead atoms. The van der Waals surface area contributed by atoms with Crippen LogP contribution in [0.5, 0.6) is 10.9 Å². The van der Waals surface area contributed by atoms with Gasteiger partial charge in [-0.15, -0.1) is 5.10 Å². The lowest BCUT2D eigenvalue weighted by Gasteiger charge is -2.02. The molecule has 0 aliphatic heterocycles. The maximum Gasteiger partial charge on any atom is 0.296 e. The zero-order valence-corrected chi connectivity index (χ0v) is 9.40. The van der Waals surface area contributed by atoms with Crippen molar-refractivity contribution >= 4 is 16.5 Å². The van der Waals surface area contributed by atoms with Gasteiger partial charge in [-0.1, -0.05) is 5.10 Å². The SMILES string of the molecule is COc1ccc(COc2nnc(N)s2)nc1. The summed E-state index contributed by atoms with van der Waals surface area (Å²) in [5, 5.41) is 8.20. The van der Waals surface area contributed by atoms with E-state index < -0.39 is 0 Å². The Hall–Kier alpha value is -1.89. The fourth-order valence-corrected chi connectivity index (χ4v) is 1.49. The highest BCUT2D eigenvalue weighted by Crippen LogP contribution is 2.20. The van der Waals surface area contributed by atoms with Crippen LogP contribution in [0, 0.1) is 0 Å². The quantitative estimate of drug-likeness (QED) is 0.858. The zero-order valence-electron chi connectivity index (χ0n) is 8.58. The van der Waals surface area contributed by atoms with E-state index >= 15 is 0 Å². The van der Waals surface area contributed by atoms with Gasteiger partial charge >= 0.3 is 0 Å². The fourth-order valence-electron chi connectivity index (χ4n) is 1.03. The number of ether oxygens (including phenoxy) is 2. The average Bonchev–Trinajstić information content (AvgIpc) is 2.73. The molecular formula is C9H10N4O2S. The molecule has 0 saturated heterocycles. The Labute approximate surface area is 96.1 Å². The minimum atomic E-state index is 0.332. The average molecular weight is 238 g/mol. The van der Waals surface area contributed by atoms with E-state index in [0.29, 0.717) is 22.7 Å². The molecule has 16 heavy (non-hydrogen) atoms. The fraction of sp³-hybridized carbons (Fsp3) is 0.222. The number of hydrogen-bond acceptors (Lipinski definition) is 7. The van der Waals surface area contributed by atoms with Crippen LogP contribution in [0.2, 0.25) is 0 Å². The Morgan fingerprint density at radius 3 is 2.81 bits per heavy atom. The Kier molecular flexibility index (Phi) is 3.16. The summed E-state index contributed by atoms with van der Waals surface area (Å²) in [5.74, 6) is 0.712. The minimum Gasteiger partial charge on any atom is -0.495 e. The third-order valence-corrected chi connectivity index (χ3v) is 2.46. The molecule has 2 rings (SSSR count). The first kappa shape index (κ1) is 10.6. The number of hydrogen-bond donors (Lipinski definition) is 1. The van der Waals surface area contributed by atoms with E-state index in [0.717, 1.165) is 5.69 Å². The minimum absolute atomic E-state index is 0.332. The molecule has 2 N–H and O–H groups in total. The van der Waals surface area contributed by atoms with Crippen LogP contribution in [0.15, 0.2) is 18.3 Å². The number of nitrogens with two attached hydrogens (primary N) is 1. The molecule has 84 valence electrons. The number of rotatable bonds is 4. The van der Waals surface area contributed by atoms with Gasteiger partial charge in [-0.3, -0.25) is 4.98 Å². The van der Waals surface area contributed by atoms with Crippen molar-refractivity contribution in [2.45, 2.75) is 6.61 Å². The summed E-state index contributed by atoms with van der Waals surface area (Å²) in [7, 11) is 1.59. The maximum atomic E-state index is 5.42. The Morgan fingerprint density at radius 1 is 1.38 bits per heavy atom. The van der Waals surface area contributed by atoms with Crippen molar-refractivity contribution < 1.29 is 9.47 Å². The topological polar surface area (TPSA) is 83.2 Å². The van der Waals surface area contributed by atoms with Gasteiger partial charge in [0.05, 0.1) is 19.0 Å². The first-order chi connectivity index (χ1) is 7.78. The molecule has 0 aliphatic carbocycles. The van der Waals surface area contributed by atoms with Crippen LogP contribution in [0.25, 0.3) is 0 Å². The second-order valence-corrected chi connectivity index (χ2v) is 3.86. The van der Waals surface area contributed by atoms with Crippen LogP contribution in [0.1, 0.15) is 5.69 Å². The first-order valence-corrected chi connectivity index (χ1v) is 5.30. The number of pyridine rings is 1. The standard InChI is InChI=1S/C9H10N4O2S/c1-14-7-3-2-6(11-4-7)5-15-9-13-12-8(10)16-9/h2-4H,5H2,1H3,(H2,10,12). The van der Waals surface area contributed by atoms with E-state index in [2.05, 4.69) is 15.2 Å². The Morgan fingerprint density at radius 2 is 2.25 bits per heavy atom. The van der Waals surface area contributed by atoms with Gasteiger partial charge in [-0.2, -0.15) is 0 Å². The molecule has 6 nitrogen and oxygen atoms in total. The summed E-state index contributed by atoms with van der Waals surface area (Å²) in [6, 6.07) is 3.64. The van der Waals surface area contributed by atoms with Gasteiger partial charge < -0.3 is 15.2 Å². The second-order valence-electron chi connectivity index (χ2n) is 2.88. The van der Waals surface area contributed by atoms with Crippen LogP contribution in [0.4, 0.5) is 5.13 Å². The van der Waals surface area contributed by atoms with Crippen molar-refractivity contribution in [3.8, 4) is 10.9 Å². The van der Waals surface area contributed by atoms with E-state index in [4.69, 9.17) is 15.2 Å². The molecule has 7 heteroatoms. The van der Waals surface area contributed by atoms with E-state index in [9.17, 15) is 0 Å². The molecule has 0 fully saturated rings. The van der Waals surface area contributed by atoms with Crippen LogP contribution in [-0.2, 0) is 6.61 Å². The molecule has 2 heterocycles. The summed E-state index contributed by atoms with van der Waals surface area (Å²) < 4.78 is 10.3. The monoisotopic (exact) mass is 238 g/mol. The predicted octanol–water partition coefficient (Wildman–Crippen LogP) is 1.10. The first-order valence-electron chi connectivity index (χ1n) is 4.48. The molecule has 0 unspecified atom stereocenters. The summed E-state index contributed by atoms with van der Waals surface area (Å²) in [6.45, 7) is 0.332. The predicted molar refractivity (Wildman–Crippen MR) is 59.4 cm³/mol. The molecule has 0 radical (unpaired) electrons. The highest BCUT2D eigenvalue weighted by atomic mass is 32.1. The number of methoxy groups -OCH3 is 1. The number of anilines is 1. The van der Waals surface area contributed by atoms with Crippen LogP contribution >= 0.6 is 11.3 Å². The summed E-state index contributed by atoms with van der Waals surface area (Å²) in [5.41, 5.74) is 6.20. The van der Waals surface area contributed by atoms with Crippen LogP contribution < -0.4 is 15.2 Å². The van der Waals surface area contributed by atoms with Crippen molar-refractivity contribution in [2.24, 2.45) is 0 Å². The van der Waals surface area contributed by atoms with E-state index in [1.165, 1.54) is 11.3 Å². The number of nitrogens with zero attached hydrogens (tertiary/aromatic N) is 3. The van der Waals surface area contributed by atoms with Crippen molar-refractivity contribution in [1.82, 2.24) is 15.2 Å². The second kappa shape index (κ2) is 4.75. The highest BCUT2D eigenvalue weighted by molar-refractivity contribution is 7.16. The van der Waals surface area contributed by atoms with Crippen molar-refractivity contribution in [2.75, 3.05) is 12.8 Å². The number of aromatic nitrogens is 3. The molecular weight excluding hydrogens is 228 g/mol. The van der Waals surface area contributed by atoms with Gasteiger partial charge in [-0.05, 0) is 23.5 Å². The van der Waals surface area contributed by atoms with Crippen LogP contribution in [-0.4, -0.2) is 22.3 Å². The van der Waals surface area contributed by atoms with Gasteiger partial charge in [0.25, 0.3) is 5.19 Å². The van der Waals surface area contributed by atoms with Crippen molar-refractivity contribution in [3.63, 3.8) is 0 Å². The molecule has 0 aliphatic rings. The molecule has 0 aromatic carbocycles. The molecule has 2 aromatic rings. The van der Waals surface area contributed by atoms with Gasteiger partial charge in [0.1, 0.15) is 12.4 Å². The maximum absolute atomic E-state index is 5.42. The molecule has 0 atom stereocenters. The molecule has 0 amide bonds. The third-order valence-electron chi connectivity index (χ3n) is 1.80. The number of nitrogen functional groups attached to an aromatic ring is 1. The Balaban J connectivity index is 1.94. The third kappa shape index (κ3) is 2.57. The van der Waals surface area contributed by atoms with Crippen molar-refractivity contribution in [3.05, 3.63) is 24.0 Å². The van der Waals surface area contributed by atoms with Crippen LogP contribution in [0.3, 0.4) is 0 Å². The largest absolute Gasteiger partial charge is 0.495 e. The van der Waals surface area contributed by atoms with E-state index in [-0.39, 0.29) is 0 Å². The van der Waals surface area contributed by atoms with E-state index in [1.54, 1.807) is 13.3 Å². The van der Waals surface area contributed by atoms with Gasteiger partial charge in [0.2, 0.25) is 5.13 Å². The molecule has 0 saturated carbocycles. The highest BCUT2D eigenvalue weighted by Gasteiger charge is 2.03. The zero-order chi connectivity index (χ0) is 11.4. The summed E-state index contributed by atoms with van der Waals surface area (Å²) in [4.78, 5) is 4.15. The van der Waals surface area contributed by atoms with E-state index in [1.807, 2.05) is 12.1 Å². The van der Waals surface area contributed by atoms with Gasteiger partial charge in [0.15, 0.2) is 0 Å². The molecule has 0 spiro atoms. The summed E-state index contributed by atoms with van der Waals surface area (Å²) in [6.07, 6.45) is 1.63. The van der Waals surface area contributed by atoms with Gasteiger partial charge in [0, 0.05) is 0 Å². The van der Waals surface area contributed by atoms with Gasteiger partial charge in [-0.25, -0.2) is 0 Å².